The van der Waals surface area contributed by atoms with Crippen molar-refractivity contribution in [2.24, 2.45) is 0 Å². The molecule has 0 saturated heterocycles. The third kappa shape index (κ3) is 3.67. The number of halogens is 1. The van der Waals surface area contributed by atoms with E-state index < -0.39 is 10.8 Å². The molecule has 7 nitrogen and oxygen atoms in total. The van der Waals surface area contributed by atoms with Gasteiger partial charge in [0.2, 0.25) is 5.55 Å². The molecule has 0 aliphatic heterocycles. The fraction of sp³-hybridized carbons (Fsp3) is 0.0588. The van der Waals surface area contributed by atoms with Crippen LogP contribution >= 0.6 is 11.6 Å². The Bertz CT molecular complexity index is 1030. The van der Waals surface area contributed by atoms with Crippen molar-refractivity contribution in [3.63, 3.8) is 0 Å². The van der Waals surface area contributed by atoms with E-state index in [9.17, 15) is 14.9 Å². The topological polar surface area (TPSA) is 109 Å². The monoisotopic (exact) mass is 357 g/mol. The molecule has 3 aromatic rings. The average Bonchev–Trinajstić information content (AvgIpc) is 2.60. The minimum absolute atomic E-state index is 0.00182. The van der Waals surface area contributed by atoms with Crippen molar-refractivity contribution in [1.82, 2.24) is 5.32 Å². The Kier molecular flexibility index (Phi) is 4.49. The van der Waals surface area contributed by atoms with Crippen molar-refractivity contribution in [2.75, 3.05) is 0 Å². The van der Waals surface area contributed by atoms with Crippen LogP contribution in [0.2, 0.25) is 5.02 Å². The van der Waals surface area contributed by atoms with E-state index in [1.807, 2.05) is 0 Å². The lowest BCUT2D eigenvalue weighted by atomic mass is 10.1. The summed E-state index contributed by atoms with van der Waals surface area (Å²) in [6, 6.07) is 12.4. The molecule has 0 spiro atoms. The molecule has 0 unspecified atom stereocenters. The van der Waals surface area contributed by atoms with Gasteiger partial charge in [-0.2, -0.15) is 0 Å². The van der Waals surface area contributed by atoms with E-state index in [1.54, 1.807) is 24.3 Å². The first kappa shape index (κ1) is 16.7. The van der Waals surface area contributed by atoms with Crippen LogP contribution < -0.4 is 10.9 Å². The van der Waals surface area contributed by atoms with Crippen molar-refractivity contribution in [3.05, 3.63) is 80.3 Å². The number of fused-ring (bicyclic) bond motifs is 1. The van der Waals surface area contributed by atoms with Crippen LogP contribution in [0, 0.1) is 15.5 Å². The van der Waals surface area contributed by atoms with Gasteiger partial charge >= 0.3 is 0 Å². The molecule has 1 amide bonds. The summed E-state index contributed by atoms with van der Waals surface area (Å²) in [6.07, 6.45) is 0. The number of nitro benzene ring substituents is 1. The summed E-state index contributed by atoms with van der Waals surface area (Å²) in [5.74, 6) is -0.503. The van der Waals surface area contributed by atoms with Gasteiger partial charge in [-0.15, -0.1) is 0 Å². The third-order valence-electron chi connectivity index (χ3n) is 3.57. The molecule has 1 heterocycles. The number of carbonyl (C=O) groups is 1. The number of nitrogens with one attached hydrogen (secondary N) is 2. The van der Waals surface area contributed by atoms with Crippen molar-refractivity contribution in [1.29, 1.82) is 5.41 Å². The lowest BCUT2D eigenvalue weighted by molar-refractivity contribution is -0.384. The molecule has 2 N–H and O–H groups in total. The van der Waals surface area contributed by atoms with Crippen LogP contribution in [0.1, 0.15) is 15.9 Å². The van der Waals surface area contributed by atoms with E-state index in [4.69, 9.17) is 21.4 Å². The summed E-state index contributed by atoms with van der Waals surface area (Å²) < 4.78 is 5.28. The molecule has 1 aromatic heterocycles. The Morgan fingerprint density at radius 2 is 1.92 bits per heavy atom. The quantitative estimate of drug-likeness (QED) is 0.550. The Labute approximate surface area is 146 Å². The van der Waals surface area contributed by atoms with Crippen LogP contribution in [-0.4, -0.2) is 10.8 Å². The second kappa shape index (κ2) is 6.74. The third-order valence-corrected chi connectivity index (χ3v) is 3.82. The van der Waals surface area contributed by atoms with Crippen molar-refractivity contribution < 1.29 is 14.1 Å². The first-order valence-electron chi connectivity index (χ1n) is 7.23. The van der Waals surface area contributed by atoms with Crippen LogP contribution in [0.3, 0.4) is 0 Å². The number of amides is 1. The molecule has 0 aliphatic carbocycles. The molecule has 0 saturated carbocycles. The van der Waals surface area contributed by atoms with Gasteiger partial charge in [0.15, 0.2) is 0 Å². The fourth-order valence-electron chi connectivity index (χ4n) is 2.29. The number of benzene rings is 2. The number of non-ortho nitro benzene ring substituents is 1. The molecule has 0 bridgehead atoms. The van der Waals surface area contributed by atoms with E-state index in [2.05, 4.69) is 5.32 Å². The number of nitrogens with zero attached hydrogens (tertiary/aromatic N) is 1. The predicted molar refractivity (Wildman–Crippen MR) is 91.3 cm³/mol. The largest absolute Gasteiger partial charge is 0.438 e. The SMILES string of the molecule is N=c1oc2ccc([N+](=O)[O-])cc2cc1C(=O)NCc1ccc(Cl)cc1. The van der Waals surface area contributed by atoms with E-state index in [-0.39, 0.29) is 23.3 Å². The highest BCUT2D eigenvalue weighted by Gasteiger charge is 2.14. The maximum absolute atomic E-state index is 12.3. The van der Waals surface area contributed by atoms with Gasteiger partial charge < -0.3 is 9.73 Å². The fourth-order valence-corrected chi connectivity index (χ4v) is 2.42. The highest BCUT2D eigenvalue weighted by atomic mass is 35.5. The van der Waals surface area contributed by atoms with E-state index in [0.29, 0.717) is 16.0 Å². The lowest BCUT2D eigenvalue weighted by Crippen LogP contribution is -2.27. The molecule has 2 aromatic carbocycles. The zero-order valence-electron chi connectivity index (χ0n) is 12.8. The Hall–Kier alpha value is -3.19. The zero-order chi connectivity index (χ0) is 18.0. The minimum Gasteiger partial charge on any atom is -0.438 e. The molecule has 0 radical (unpaired) electrons. The average molecular weight is 358 g/mol. The summed E-state index contributed by atoms with van der Waals surface area (Å²) >= 11 is 5.81. The molecule has 0 aliphatic rings. The molecule has 25 heavy (non-hydrogen) atoms. The van der Waals surface area contributed by atoms with Crippen LogP contribution in [0.4, 0.5) is 5.69 Å². The highest BCUT2D eigenvalue weighted by Crippen LogP contribution is 2.20. The first-order chi connectivity index (χ1) is 11.9. The zero-order valence-corrected chi connectivity index (χ0v) is 13.5. The van der Waals surface area contributed by atoms with E-state index >= 15 is 0 Å². The number of hydrogen-bond donors (Lipinski definition) is 2. The summed E-state index contributed by atoms with van der Waals surface area (Å²) in [7, 11) is 0. The standard InChI is InChI=1S/C17H12ClN3O4/c18-12-3-1-10(2-4-12)9-20-17(22)14-8-11-7-13(21(23)24)5-6-15(11)25-16(14)19/h1-8,19H,9H2,(H,20,22). The minimum atomic E-state index is -0.533. The molecule has 126 valence electrons. The van der Waals surface area contributed by atoms with Gasteiger partial charge in [-0.3, -0.25) is 20.3 Å². The van der Waals surface area contributed by atoms with Gasteiger partial charge in [-0.25, -0.2) is 0 Å². The maximum Gasteiger partial charge on any atom is 0.270 e. The van der Waals surface area contributed by atoms with Gasteiger partial charge in [0, 0.05) is 29.1 Å². The number of carbonyl (C=O) groups excluding carboxylic acids is 1. The summed E-state index contributed by atoms with van der Waals surface area (Å²) in [5.41, 5.74) is 0.715. The Morgan fingerprint density at radius 1 is 1.20 bits per heavy atom. The van der Waals surface area contributed by atoms with Crippen molar-refractivity contribution in [3.8, 4) is 0 Å². The van der Waals surface area contributed by atoms with Gasteiger partial charge in [0.1, 0.15) is 11.1 Å². The maximum atomic E-state index is 12.3. The van der Waals surface area contributed by atoms with Crippen LogP contribution in [0.25, 0.3) is 11.0 Å². The number of nitro groups is 1. The van der Waals surface area contributed by atoms with Gasteiger partial charge in [-0.05, 0) is 29.8 Å². The van der Waals surface area contributed by atoms with E-state index in [1.165, 1.54) is 24.3 Å². The van der Waals surface area contributed by atoms with Gasteiger partial charge in [-0.1, -0.05) is 23.7 Å². The van der Waals surface area contributed by atoms with Crippen LogP contribution in [0.5, 0.6) is 0 Å². The normalized spacial score (nSPS) is 10.6. The molecule has 0 fully saturated rings. The molecule has 0 atom stereocenters. The predicted octanol–water partition coefficient (Wildman–Crippen LogP) is 3.40. The van der Waals surface area contributed by atoms with E-state index in [0.717, 1.165) is 5.56 Å². The highest BCUT2D eigenvalue weighted by molar-refractivity contribution is 6.30. The van der Waals surface area contributed by atoms with Crippen molar-refractivity contribution >= 4 is 34.2 Å². The summed E-state index contributed by atoms with van der Waals surface area (Å²) in [6.45, 7) is 0.252. The van der Waals surface area contributed by atoms with Gasteiger partial charge in [0.05, 0.1) is 4.92 Å². The first-order valence-corrected chi connectivity index (χ1v) is 7.61. The van der Waals surface area contributed by atoms with Crippen LogP contribution in [-0.2, 0) is 6.54 Å². The molecular weight excluding hydrogens is 346 g/mol. The second-order valence-corrected chi connectivity index (χ2v) is 5.71. The molecular formula is C17H12ClN3O4. The summed E-state index contributed by atoms with van der Waals surface area (Å²) in [4.78, 5) is 22.6. The number of hydrogen-bond acceptors (Lipinski definition) is 5. The number of rotatable bonds is 4. The van der Waals surface area contributed by atoms with Crippen LogP contribution in [0.15, 0.2) is 52.9 Å². The lowest BCUT2D eigenvalue weighted by Gasteiger charge is -2.06. The molecule has 8 heteroatoms. The van der Waals surface area contributed by atoms with Gasteiger partial charge in [0.25, 0.3) is 11.6 Å². The smallest absolute Gasteiger partial charge is 0.270 e. The molecule has 3 rings (SSSR count). The Balaban J connectivity index is 1.87. The van der Waals surface area contributed by atoms with Crippen molar-refractivity contribution in [2.45, 2.75) is 6.54 Å². The second-order valence-electron chi connectivity index (χ2n) is 5.28. The Morgan fingerprint density at radius 3 is 2.60 bits per heavy atom. The summed E-state index contributed by atoms with van der Waals surface area (Å²) in [5, 5.41) is 22.4.